The molecule has 0 aliphatic carbocycles. The van der Waals surface area contributed by atoms with E-state index < -0.39 is 0 Å². The van der Waals surface area contributed by atoms with Gasteiger partial charge in [-0.3, -0.25) is 0 Å². The van der Waals surface area contributed by atoms with Gasteiger partial charge >= 0.3 is 0 Å². The highest BCUT2D eigenvalue weighted by molar-refractivity contribution is 9.10. The van der Waals surface area contributed by atoms with Crippen molar-refractivity contribution >= 4 is 15.9 Å². The van der Waals surface area contributed by atoms with Crippen molar-refractivity contribution in [2.75, 3.05) is 6.54 Å². The first-order valence-corrected chi connectivity index (χ1v) is 5.98. The maximum absolute atomic E-state index is 12.9. The van der Waals surface area contributed by atoms with Crippen molar-refractivity contribution in [2.45, 2.75) is 26.8 Å². The number of hydrogen-bond donors (Lipinski definition) is 1. The van der Waals surface area contributed by atoms with Crippen molar-refractivity contribution in [1.29, 1.82) is 0 Å². The van der Waals surface area contributed by atoms with Gasteiger partial charge in [0, 0.05) is 10.5 Å². The Bertz CT molecular complexity index is 325. The van der Waals surface area contributed by atoms with Crippen molar-refractivity contribution < 1.29 is 4.39 Å². The minimum atomic E-state index is -0.207. The highest BCUT2D eigenvalue weighted by Gasteiger charge is 2.09. The molecule has 84 valence electrons. The van der Waals surface area contributed by atoms with Crippen molar-refractivity contribution in [2.24, 2.45) is 5.92 Å². The van der Waals surface area contributed by atoms with E-state index in [1.165, 1.54) is 12.1 Å². The number of hydrogen-bond acceptors (Lipinski definition) is 1. The zero-order chi connectivity index (χ0) is 11.4. The van der Waals surface area contributed by atoms with E-state index in [1.807, 2.05) is 6.07 Å². The average molecular weight is 274 g/mol. The summed E-state index contributed by atoms with van der Waals surface area (Å²) in [6.45, 7) is 7.38. The van der Waals surface area contributed by atoms with E-state index in [9.17, 15) is 4.39 Å². The fourth-order valence-electron chi connectivity index (χ4n) is 1.38. The number of nitrogens with one attached hydrogen (secondary N) is 1. The second kappa shape index (κ2) is 5.61. The fourth-order valence-corrected chi connectivity index (χ4v) is 2.07. The fraction of sp³-hybridized carbons (Fsp3) is 0.500. The Labute approximate surface area is 99.2 Å². The largest absolute Gasteiger partial charge is 0.310 e. The number of benzene rings is 1. The molecule has 0 saturated carbocycles. The first kappa shape index (κ1) is 12.7. The van der Waals surface area contributed by atoms with Crippen LogP contribution in [0.15, 0.2) is 22.7 Å². The molecule has 0 aliphatic rings. The Morgan fingerprint density at radius 3 is 2.53 bits per heavy atom. The number of halogens is 2. The summed E-state index contributed by atoms with van der Waals surface area (Å²) in [4.78, 5) is 0. The van der Waals surface area contributed by atoms with Crippen LogP contribution in [-0.4, -0.2) is 6.54 Å². The van der Waals surface area contributed by atoms with Crippen LogP contribution in [0.25, 0.3) is 0 Å². The molecule has 0 saturated heterocycles. The average Bonchev–Trinajstić information content (AvgIpc) is 2.14. The minimum absolute atomic E-state index is 0.207. The molecule has 3 heteroatoms. The summed E-state index contributed by atoms with van der Waals surface area (Å²) in [5.41, 5.74) is 1.09. The van der Waals surface area contributed by atoms with E-state index in [0.29, 0.717) is 5.92 Å². The standard InChI is InChI=1S/C12H17BrFN/c1-8(2)7-15-9(3)11-5-4-10(14)6-12(11)13/h4-6,8-9,15H,7H2,1-3H3. The molecule has 1 rings (SSSR count). The van der Waals surface area contributed by atoms with Gasteiger partial charge in [-0.1, -0.05) is 35.8 Å². The van der Waals surface area contributed by atoms with Crippen LogP contribution in [0.3, 0.4) is 0 Å². The molecule has 0 bridgehead atoms. The van der Waals surface area contributed by atoms with Crippen molar-refractivity contribution in [3.8, 4) is 0 Å². The van der Waals surface area contributed by atoms with Crippen LogP contribution in [0.5, 0.6) is 0 Å². The van der Waals surface area contributed by atoms with Crippen LogP contribution in [0.4, 0.5) is 4.39 Å². The maximum atomic E-state index is 12.9. The predicted molar refractivity (Wildman–Crippen MR) is 65.4 cm³/mol. The zero-order valence-electron chi connectivity index (χ0n) is 9.35. The van der Waals surface area contributed by atoms with Gasteiger partial charge in [-0.25, -0.2) is 4.39 Å². The van der Waals surface area contributed by atoms with Gasteiger partial charge in [-0.15, -0.1) is 0 Å². The Hall–Kier alpha value is -0.410. The third-order valence-corrected chi connectivity index (χ3v) is 2.95. The van der Waals surface area contributed by atoms with Crippen molar-refractivity contribution in [1.82, 2.24) is 5.32 Å². The molecule has 0 spiro atoms. The predicted octanol–water partition coefficient (Wildman–Crippen LogP) is 3.89. The Kier molecular flexibility index (Phi) is 4.74. The molecule has 0 fully saturated rings. The highest BCUT2D eigenvalue weighted by atomic mass is 79.9. The van der Waals surface area contributed by atoms with Gasteiger partial charge < -0.3 is 5.32 Å². The number of rotatable bonds is 4. The third kappa shape index (κ3) is 3.92. The molecule has 1 aromatic rings. The second-order valence-corrected chi connectivity index (χ2v) is 5.04. The lowest BCUT2D eigenvalue weighted by Gasteiger charge is -2.17. The second-order valence-electron chi connectivity index (χ2n) is 4.19. The first-order chi connectivity index (χ1) is 7.00. The Balaban J connectivity index is 2.69. The van der Waals surface area contributed by atoms with Crippen LogP contribution < -0.4 is 5.32 Å². The van der Waals surface area contributed by atoms with Gasteiger partial charge in [0.25, 0.3) is 0 Å². The summed E-state index contributed by atoms with van der Waals surface area (Å²) in [5, 5.41) is 3.41. The molecule has 1 aromatic carbocycles. The lowest BCUT2D eigenvalue weighted by atomic mass is 10.1. The summed E-state index contributed by atoms with van der Waals surface area (Å²) < 4.78 is 13.7. The summed E-state index contributed by atoms with van der Waals surface area (Å²) in [7, 11) is 0. The lowest BCUT2D eigenvalue weighted by molar-refractivity contribution is 0.494. The van der Waals surface area contributed by atoms with Crippen LogP contribution in [0.2, 0.25) is 0 Å². The lowest BCUT2D eigenvalue weighted by Crippen LogP contribution is -2.23. The van der Waals surface area contributed by atoms with Crippen molar-refractivity contribution in [3.63, 3.8) is 0 Å². The normalized spacial score (nSPS) is 13.2. The topological polar surface area (TPSA) is 12.0 Å². The van der Waals surface area contributed by atoms with Crippen molar-refractivity contribution in [3.05, 3.63) is 34.1 Å². The van der Waals surface area contributed by atoms with E-state index >= 15 is 0 Å². The van der Waals surface area contributed by atoms with Crippen LogP contribution in [-0.2, 0) is 0 Å². The molecular formula is C12H17BrFN. The third-order valence-electron chi connectivity index (χ3n) is 2.26. The van der Waals surface area contributed by atoms with Gasteiger partial charge in [0.2, 0.25) is 0 Å². The first-order valence-electron chi connectivity index (χ1n) is 5.19. The van der Waals surface area contributed by atoms with E-state index in [0.717, 1.165) is 16.6 Å². The molecule has 1 atom stereocenters. The zero-order valence-corrected chi connectivity index (χ0v) is 10.9. The maximum Gasteiger partial charge on any atom is 0.124 e. The van der Waals surface area contributed by atoms with Gasteiger partial charge in [0.05, 0.1) is 0 Å². The molecule has 1 N–H and O–H groups in total. The van der Waals surface area contributed by atoms with Crippen LogP contribution >= 0.6 is 15.9 Å². The summed E-state index contributed by atoms with van der Waals surface area (Å²) in [6, 6.07) is 5.05. The van der Waals surface area contributed by atoms with E-state index in [4.69, 9.17) is 0 Å². The molecule has 1 nitrogen and oxygen atoms in total. The Morgan fingerprint density at radius 1 is 1.33 bits per heavy atom. The minimum Gasteiger partial charge on any atom is -0.310 e. The molecule has 1 unspecified atom stereocenters. The molecule has 0 aromatic heterocycles. The van der Waals surface area contributed by atoms with Gasteiger partial charge in [0.1, 0.15) is 5.82 Å². The molecule has 0 radical (unpaired) electrons. The monoisotopic (exact) mass is 273 g/mol. The molecule has 0 heterocycles. The Morgan fingerprint density at radius 2 is 2.00 bits per heavy atom. The SMILES string of the molecule is CC(C)CNC(C)c1ccc(F)cc1Br. The molecule has 0 aliphatic heterocycles. The van der Waals surface area contributed by atoms with Gasteiger partial charge in [0.15, 0.2) is 0 Å². The quantitative estimate of drug-likeness (QED) is 0.878. The molecular weight excluding hydrogens is 257 g/mol. The van der Waals surface area contributed by atoms with E-state index in [2.05, 4.69) is 42.0 Å². The van der Waals surface area contributed by atoms with Crippen LogP contribution in [0, 0.1) is 11.7 Å². The van der Waals surface area contributed by atoms with E-state index in [1.54, 1.807) is 0 Å². The van der Waals surface area contributed by atoms with Gasteiger partial charge in [-0.2, -0.15) is 0 Å². The van der Waals surface area contributed by atoms with E-state index in [-0.39, 0.29) is 11.9 Å². The smallest absolute Gasteiger partial charge is 0.124 e. The molecule has 15 heavy (non-hydrogen) atoms. The highest BCUT2D eigenvalue weighted by Crippen LogP contribution is 2.24. The molecule has 0 amide bonds. The summed E-state index contributed by atoms with van der Waals surface area (Å²) in [5.74, 6) is 0.411. The van der Waals surface area contributed by atoms with Gasteiger partial charge in [-0.05, 0) is 37.1 Å². The summed E-state index contributed by atoms with van der Waals surface area (Å²) >= 11 is 3.37. The van der Waals surface area contributed by atoms with Crippen LogP contribution in [0.1, 0.15) is 32.4 Å². The summed E-state index contributed by atoms with van der Waals surface area (Å²) in [6.07, 6.45) is 0.